The zero-order valence-electron chi connectivity index (χ0n) is 18.9. The van der Waals surface area contributed by atoms with Gasteiger partial charge in [0.2, 0.25) is 5.88 Å². The zero-order valence-corrected chi connectivity index (χ0v) is 20.4. The van der Waals surface area contributed by atoms with E-state index in [-0.39, 0.29) is 11.8 Å². The quantitative estimate of drug-likeness (QED) is 0.436. The van der Waals surface area contributed by atoms with Crippen LogP contribution >= 0.6 is 23.2 Å². The first-order valence-electron chi connectivity index (χ1n) is 11.3. The minimum atomic E-state index is -0.312. The van der Waals surface area contributed by atoms with E-state index in [4.69, 9.17) is 33.7 Å². The monoisotopic (exact) mass is 499 g/mol. The van der Waals surface area contributed by atoms with Crippen LogP contribution in [-0.2, 0) is 11.3 Å². The molecule has 0 saturated heterocycles. The summed E-state index contributed by atoms with van der Waals surface area (Å²) in [5.41, 5.74) is 11.9. The predicted molar refractivity (Wildman–Crippen MR) is 140 cm³/mol. The number of allylic oxidation sites excluding steroid dienone is 1. The summed E-state index contributed by atoms with van der Waals surface area (Å²) >= 11 is 12.3. The molecule has 0 bridgehead atoms. The molecule has 4 nitrogen and oxygen atoms in total. The van der Waals surface area contributed by atoms with Crippen molar-refractivity contribution in [3.8, 4) is 6.07 Å². The maximum Gasteiger partial charge on any atom is 0.205 e. The lowest BCUT2D eigenvalue weighted by Crippen LogP contribution is -2.37. The van der Waals surface area contributed by atoms with Crippen LogP contribution in [0.1, 0.15) is 22.6 Å². The summed E-state index contributed by atoms with van der Waals surface area (Å²) in [6, 6.07) is 27.9. The van der Waals surface area contributed by atoms with Crippen molar-refractivity contribution in [1.82, 2.24) is 4.90 Å². The number of benzene rings is 3. The fraction of sp³-hybridized carbons (Fsp3) is 0.138. The van der Waals surface area contributed by atoms with Crippen LogP contribution in [0.5, 0.6) is 0 Å². The standard InChI is InChI=1S/C29H23Cl2N3O/c30-23-10-6-19(7-11-23)14-22-17-34(16-20-4-2-1-3-5-20)18-26-27(21-8-12-24(31)13-9-21)25(15-32)29(33)35-28(22)26/h1-14,27H,16-18,33H2/b22-14+/t27-/m1/s1. The van der Waals surface area contributed by atoms with E-state index < -0.39 is 0 Å². The normalized spacial score (nSPS) is 19.3. The molecular formula is C29H23Cl2N3O. The Kier molecular flexibility index (Phi) is 6.66. The lowest BCUT2D eigenvalue weighted by atomic mass is 9.80. The Labute approximate surface area is 215 Å². The van der Waals surface area contributed by atoms with Crippen molar-refractivity contribution >= 4 is 29.3 Å². The number of nitrogens with zero attached hydrogens (tertiary/aromatic N) is 2. The van der Waals surface area contributed by atoms with Crippen molar-refractivity contribution in [2.24, 2.45) is 5.73 Å². The lowest BCUT2D eigenvalue weighted by molar-refractivity contribution is 0.230. The van der Waals surface area contributed by atoms with E-state index >= 15 is 0 Å². The average Bonchev–Trinajstić information content (AvgIpc) is 2.86. The predicted octanol–water partition coefficient (Wildman–Crippen LogP) is 6.65. The molecular weight excluding hydrogens is 477 g/mol. The van der Waals surface area contributed by atoms with Crippen molar-refractivity contribution in [3.05, 3.63) is 134 Å². The minimum absolute atomic E-state index is 0.143. The van der Waals surface area contributed by atoms with Crippen LogP contribution in [0.15, 0.2) is 107 Å². The molecule has 0 radical (unpaired) electrons. The highest BCUT2D eigenvalue weighted by atomic mass is 35.5. The topological polar surface area (TPSA) is 62.3 Å². The van der Waals surface area contributed by atoms with Gasteiger partial charge in [-0.2, -0.15) is 5.26 Å². The van der Waals surface area contributed by atoms with Crippen LogP contribution < -0.4 is 5.73 Å². The van der Waals surface area contributed by atoms with Gasteiger partial charge in [-0.25, -0.2) is 0 Å². The van der Waals surface area contributed by atoms with E-state index in [1.807, 2.05) is 66.7 Å². The van der Waals surface area contributed by atoms with Gasteiger partial charge >= 0.3 is 0 Å². The molecule has 2 N–H and O–H groups in total. The fourth-order valence-electron chi connectivity index (χ4n) is 4.69. The Morgan fingerprint density at radius 2 is 1.60 bits per heavy atom. The van der Waals surface area contributed by atoms with Crippen LogP contribution in [-0.4, -0.2) is 18.0 Å². The summed E-state index contributed by atoms with van der Waals surface area (Å²) in [6.07, 6.45) is 2.10. The highest BCUT2D eigenvalue weighted by Gasteiger charge is 2.37. The second kappa shape index (κ2) is 10.0. The molecule has 174 valence electrons. The van der Waals surface area contributed by atoms with Gasteiger partial charge in [0.25, 0.3) is 0 Å². The van der Waals surface area contributed by atoms with Crippen molar-refractivity contribution in [1.29, 1.82) is 5.26 Å². The number of ether oxygens (including phenoxy) is 1. The smallest absolute Gasteiger partial charge is 0.205 e. The van der Waals surface area contributed by atoms with Gasteiger partial charge in [-0.3, -0.25) is 4.90 Å². The first-order valence-corrected chi connectivity index (χ1v) is 12.1. The molecule has 6 heteroatoms. The molecule has 2 aliphatic rings. The molecule has 5 rings (SSSR count). The highest BCUT2D eigenvalue weighted by molar-refractivity contribution is 6.30. The first-order chi connectivity index (χ1) is 17.0. The molecule has 0 spiro atoms. The molecule has 3 aromatic rings. The van der Waals surface area contributed by atoms with Gasteiger partial charge in [0.15, 0.2) is 0 Å². The van der Waals surface area contributed by atoms with Gasteiger partial charge in [0.1, 0.15) is 17.4 Å². The number of nitrogens with two attached hydrogens (primary N) is 1. The van der Waals surface area contributed by atoms with Gasteiger partial charge in [-0.05, 0) is 52.6 Å². The van der Waals surface area contributed by atoms with E-state index in [1.54, 1.807) is 0 Å². The molecule has 2 heterocycles. The molecule has 1 atom stereocenters. The lowest BCUT2D eigenvalue weighted by Gasteiger charge is -2.38. The average molecular weight is 500 g/mol. The molecule has 0 aliphatic carbocycles. The molecule has 0 unspecified atom stereocenters. The highest BCUT2D eigenvalue weighted by Crippen LogP contribution is 2.44. The summed E-state index contributed by atoms with van der Waals surface area (Å²) < 4.78 is 6.14. The van der Waals surface area contributed by atoms with Crippen LogP contribution in [0.2, 0.25) is 10.0 Å². The van der Waals surface area contributed by atoms with E-state index in [0.29, 0.717) is 28.7 Å². The second-order valence-electron chi connectivity index (χ2n) is 8.68. The minimum Gasteiger partial charge on any atom is -0.440 e. The number of hydrogen-bond acceptors (Lipinski definition) is 4. The number of halogens is 2. The third kappa shape index (κ3) is 4.99. The van der Waals surface area contributed by atoms with Gasteiger partial charge < -0.3 is 10.5 Å². The number of rotatable bonds is 4. The molecule has 35 heavy (non-hydrogen) atoms. The Bertz CT molecular complexity index is 1370. The van der Waals surface area contributed by atoms with E-state index in [2.05, 4.69) is 29.2 Å². The Hall–Kier alpha value is -3.49. The summed E-state index contributed by atoms with van der Waals surface area (Å²) in [6.45, 7) is 2.09. The molecule has 2 aliphatic heterocycles. The molecule has 0 aromatic heterocycles. The van der Waals surface area contributed by atoms with Gasteiger partial charge in [0.05, 0.1) is 5.92 Å². The molecule has 0 fully saturated rings. The third-order valence-electron chi connectivity index (χ3n) is 6.27. The van der Waals surface area contributed by atoms with Crippen molar-refractivity contribution < 1.29 is 4.74 Å². The largest absolute Gasteiger partial charge is 0.440 e. The summed E-state index contributed by atoms with van der Waals surface area (Å²) in [5.74, 6) is 0.568. The number of hydrogen-bond donors (Lipinski definition) is 1. The zero-order chi connectivity index (χ0) is 24.4. The number of nitriles is 1. The van der Waals surface area contributed by atoms with Crippen LogP contribution in [0.25, 0.3) is 6.08 Å². The summed E-state index contributed by atoms with van der Waals surface area (Å²) in [5, 5.41) is 11.3. The molecule has 0 amide bonds. The van der Waals surface area contributed by atoms with Crippen molar-refractivity contribution in [3.63, 3.8) is 0 Å². The molecule has 0 saturated carbocycles. The Balaban J connectivity index is 1.62. The SMILES string of the molecule is N#CC1=C(N)OC2=C(CN(Cc3ccccc3)C/C2=C\c2ccc(Cl)cc2)[C@@H]1c1ccc(Cl)cc1. The summed E-state index contributed by atoms with van der Waals surface area (Å²) in [7, 11) is 0. The van der Waals surface area contributed by atoms with Gasteiger partial charge in [-0.15, -0.1) is 0 Å². The van der Waals surface area contributed by atoms with E-state index in [0.717, 1.165) is 34.6 Å². The second-order valence-corrected chi connectivity index (χ2v) is 9.56. The maximum atomic E-state index is 10.0. The van der Waals surface area contributed by atoms with Crippen molar-refractivity contribution in [2.45, 2.75) is 12.5 Å². The Morgan fingerprint density at radius 1 is 0.943 bits per heavy atom. The van der Waals surface area contributed by atoms with Crippen LogP contribution in [0, 0.1) is 11.3 Å². The van der Waals surface area contributed by atoms with Gasteiger partial charge in [0, 0.05) is 35.3 Å². The third-order valence-corrected chi connectivity index (χ3v) is 6.77. The van der Waals surface area contributed by atoms with Crippen LogP contribution in [0.3, 0.4) is 0 Å². The van der Waals surface area contributed by atoms with Gasteiger partial charge in [-0.1, -0.05) is 77.8 Å². The first kappa shape index (κ1) is 23.3. The van der Waals surface area contributed by atoms with E-state index in [9.17, 15) is 5.26 Å². The Morgan fingerprint density at radius 3 is 2.26 bits per heavy atom. The fourth-order valence-corrected chi connectivity index (χ4v) is 4.94. The molecule has 3 aromatic carbocycles. The van der Waals surface area contributed by atoms with Crippen LogP contribution in [0.4, 0.5) is 0 Å². The maximum absolute atomic E-state index is 10.0. The van der Waals surface area contributed by atoms with E-state index in [1.165, 1.54) is 5.56 Å². The van der Waals surface area contributed by atoms with Crippen molar-refractivity contribution in [2.75, 3.05) is 13.1 Å². The summed E-state index contributed by atoms with van der Waals surface area (Å²) in [4.78, 5) is 2.36.